The first-order valence-electron chi connectivity index (χ1n) is 3.32. The van der Waals surface area contributed by atoms with Crippen LogP contribution in [-0.2, 0) is 4.79 Å². The monoisotopic (exact) mass is 160 g/mol. The predicted molar refractivity (Wildman–Crippen MR) is 41.5 cm³/mol. The van der Waals surface area contributed by atoms with E-state index in [1.807, 2.05) is 0 Å². The van der Waals surface area contributed by atoms with Gasteiger partial charge >= 0.3 is 0 Å². The fraction of sp³-hybridized carbons (Fsp3) is 0.571. The second kappa shape index (κ2) is 3.95. The quantitative estimate of drug-likeness (QED) is 0.624. The lowest BCUT2D eigenvalue weighted by atomic mass is 10.1. The molecule has 64 valence electrons. The number of carbonyl (C=O) groups excluding carboxylic acids is 1. The van der Waals surface area contributed by atoms with Crippen LogP contribution in [-0.4, -0.2) is 18.1 Å². The number of rotatable bonds is 3. The minimum atomic E-state index is -1.82. The summed E-state index contributed by atoms with van der Waals surface area (Å²) in [5.41, 5.74) is 3.18. The van der Waals surface area contributed by atoms with Gasteiger partial charge < -0.3 is 11.1 Å². The van der Waals surface area contributed by atoms with E-state index in [0.717, 1.165) is 0 Å². The Labute approximate surface area is 65.5 Å². The minimum absolute atomic E-state index is 0.267. The zero-order valence-corrected chi connectivity index (χ0v) is 6.73. The van der Waals surface area contributed by atoms with Crippen LogP contribution in [0.4, 0.5) is 4.39 Å². The molecule has 0 aromatic carbocycles. The largest absolute Gasteiger partial charge is 0.405 e. The molecule has 0 aliphatic heterocycles. The van der Waals surface area contributed by atoms with E-state index in [4.69, 9.17) is 5.73 Å². The van der Waals surface area contributed by atoms with Gasteiger partial charge in [-0.3, -0.25) is 4.79 Å². The average molecular weight is 160 g/mol. The summed E-state index contributed by atoms with van der Waals surface area (Å²) < 4.78 is 12.7. The van der Waals surface area contributed by atoms with Gasteiger partial charge in [0.25, 0.3) is 5.91 Å². The molecule has 0 aliphatic rings. The van der Waals surface area contributed by atoms with E-state index in [0.29, 0.717) is 0 Å². The smallest absolute Gasteiger partial charge is 0.257 e. The molecule has 0 heterocycles. The number of carbonyl (C=O) groups is 1. The maximum absolute atomic E-state index is 12.7. The second-order valence-electron chi connectivity index (χ2n) is 2.61. The molecule has 4 heteroatoms. The summed E-state index contributed by atoms with van der Waals surface area (Å²) in [6.45, 7) is 2.67. The lowest BCUT2D eigenvalue weighted by Crippen LogP contribution is -2.38. The van der Waals surface area contributed by atoms with Gasteiger partial charge in [-0.15, -0.1) is 0 Å². The van der Waals surface area contributed by atoms with Crippen LogP contribution in [0.25, 0.3) is 0 Å². The van der Waals surface area contributed by atoms with Crippen LogP contribution in [0.15, 0.2) is 12.3 Å². The number of amides is 1. The van der Waals surface area contributed by atoms with Gasteiger partial charge in [-0.05, 0) is 26.1 Å². The van der Waals surface area contributed by atoms with Gasteiger partial charge in [0.2, 0.25) is 0 Å². The molecule has 0 fully saturated rings. The normalized spacial score (nSPS) is 11.9. The van der Waals surface area contributed by atoms with Crippen LogP contribution >= 0.6 is 0 Å². The lowest BCUT2D eigenvalue weighted by molar-refractivity contribution is -0.130. The van der Waals surface area contributed by atoms with Crippen LogP contribution in [0, 0.1) is 0 Å². The van der Waals surface area contributed by atoms with Crippen molar-refractivity contribution in [2.75, 3.05) is 6.54 Å². The highest BCUT2D eigenvalue weighted by Crippen LogP contribution is 2.06. The van der Waals surface area contributed by atoms with Crippen LogP contribution in [0.5, 0.6) is 0 Å². The minimum Gasteiger partial charge on any atom is -0.405 e. The zero-order chi connectivity index (χ0) is 8.91. The highest BCUT2D eigenvalue weighted by atomic mass is 19.1. The molecule has 0 saturated heterocycles. The number of hydrogen-bond donors (Lipinski definition) is 2. The maximum atomic E-state index is 12.7. The Kier molecular flexibility index (Phi) is 3.57. The van der Waals surface area contributed by atoms with Crippen molar-refractivity contribution in [1.29, 1.82) is 0 Å². The van der Waals surface area contributed by atoms with Gasteiger partial charge in [-0.25, -0.2) is 4.39 Å². The highest BCUT2D eigenvalue weighted by molar-refractivity contribution is 5.84. The summed E-state index contributed by atoms with van der Waals surface area (Å²) in [7, 11) is 0. The highest BCUT2D eigenvalue weighted by Gasteiger charge is 2.25. The first-order valence-corrected chi connectivity index (χ1v) is 3.32. The molecule has 3 N–H and O–H groups in total. The fourth-order valence-electron chi connectivity index (χ4n) is 0.430. The summed E-state index contributed by atoms with van der Waals surface area (Å²) >= 11 is 0. The summed E-state index contributed by atoms with van der Waals surface area (Å²) in [5, 5.41) is 2.34. The molecular formula is C7H13FN2O. The van der Waals surface area contributed by atoms with Crippen molar-refractivity contribution >= 4 is 5.91 Å². The van der Waals surface area contributed by atoms with Crippen LogP contribution in [0.2, 0.25) is 0 Å². The van der Waals surface area contributed by atoms with Crippen molar-refractivity contribution in [3.8, 4) is 0 Å². The van der Waals surface area contributed by atoms with Crippen LogP contribution in [0.1, 0.15) is 13.8 Å². The van der Waals surface area contributed by atoms with E-state index in [-0.39, 0.29) is 6.54 Å². The van der Waals surface area contributed by atoms with Gasteiger partial charge in [0, 0.05) is 6.54 Å². The third-order valence-electron chi connectivity index (χ3n) is 1.06. The molecule has 0 unspecified atom stereocenters. The molecule has 0 aliphatic carbocycles. The Morgan fingerprint density at radius 2 is 2.27 bits per heavy atom. The van der Waals surface area contributed by atoms with Crippen molar-refractivity contribution in [3.05, 3.63) is 12.3 Å². The molecule has 0 radical (unpaired) electrons. The molecule has 0 aromatic rings. The van der Waals surface area contributed by atoms with E-state index in [1.54, 1.807) is 0 Å². The molecule has 0 atom stereocenters. The molecule has 3 nitrogen and oxygen atoms in total. The van der Waals surface area contributed by atoms with E-state index in [9.17, 15) is 9.18 Å². The Bertz CT molecular complexity index is 160. The first-order chi connectivity index (χ1) is 4.98. The second-order valence-corrected chi connectivity index (χ2v) is 2.61. The predicted octanol–water partition coefficient (Wildman–Crippen LogP) is 0.323. The lowest BCUT2D eigenvalue weighted by Gasteiger charge is -2.12. The van der Waals surface area contributed by atoms with Gasteiger partial charge in [-0.1, -0.05) is 0 Å². The Balaban J connectivity index is 3.71. The van der Waals surface area contributed by atoms with Gasteiger partial charge in [0.05, 0.1) is 0 Å². The Morgan fingerprint density at radius 1 is 1.73 bits per heavy atom. The zero-order valence-electron chi connectivity index (χ0n) is 6.73. The SMILES string of the molecule is CC(C)(F)C(=O)NC/C=C/N. The molecule has 0 aromatic heterocycles. The fourth-order valence-corrected chi connectivity index (χ4v) is 0.430. The summed E-state index contributed by atoms with van der Waals surface area (Å²) in [4.78, 5) is 10.8. The first kappa shape index (κ1) is 9.94. The van der Waals surface area contributed by atoms with Crippen molar-refractivity contribution in [1.82, 2.24) is 5.32 Å². The third kappa shape index (κ3) is 4.36. The van der Waals surface area contributed by atoms with E-state index in [2.05, 4.69) is 5.32 Å². The third-order valence-corrected chi connectivity index (χ3v) is 1.06. The Morgan fingerprint density at radius 3 is 2.64 bits per heavy atom. The van der Waals surface area contributed by atoms with Gasteiger partial charge in [0.15, 0.2) is 5.67 Å². The Hall–Kier alpha value is -1.06. The van der Waals surface area contributed by atoms with Gasteiger partial charge in [-0.2, -0.15) is 0 Å². The number of alkyl halides is 1. The molecule has 0 saturated carbocycles. The number of nitrogens with one attached hydrogen (secondary N) is 1. The van der Waals surface area contributed by atoms with Crippen molar-refractivity contribution in [2.24, 2.45) is 5.73 Å². The molecule has 1 amide bonds. The van der Waals surface area contributed by atoms with E-state index < -0.39 is 11.6 Å². The van der Waals surface area contributed by atoms with Crippen molar-refractivity contribution in [3.63, 3.8) is 0 Å². The molecule has 11 heavy (non-hydrogen) atoms. The van der Waals surface area contributed by atoms with Gasteiger partial charge in [0.1, 0.15) is 0 Å². The maximum Gasteiger partial charge on any atom is 0.257 e. The van der Waals surface area contributed by atoms with Crippen molar-refractivity contribution in [2.45, 2.75) is 19.5 Å². The van der Waals surface area contributed by atoms with Crippen LogP contribution < -0.4 is 11.1 Å². The van der Waals surface area contributed by atoms with E-state index >= 15 is 0 Å². The summed E-state index contributed by atoms with van der Waals surface area (Å²) in [6.07, 6.45) is 2.83. The standard InChI is InChI=1S/C7H13FN2O/c1-7(2,8)6(11)10-5-3-4-9/h3-4H,5,9H2,1-2H3,(H,10,11)/b4-3+. The average Bonchev–Trinajstić information content (AvgIpc) is 1.86. The molecule has 0 rings (SSSR count). The van der Waals surface area contributed by atoms with Crippen molar-refractivity contribution < 1.29 is 9.18 Å². The number of halogens is 1. The molecule has 0 bridgehead atoms. The summed E-state index contributed by atoms with van der Waals surface area (Å²) in [5.74, 6) is -0.629. The summed E-state index contributed by atoms with van der Waals surface area (Å²) in [6, 6.07) is 0. The molecule has 0 spiro atoms. The van der Waals surface area contributed by atoms with Crippen LogP contribution in [0.3, 0.4) is 0 Å². The number of nitrogens with two attached hydrogens (primary N) is 1. The molecular weight excluding hydrogens is 147 g/mol. The van der Waals surface area contributed by atoms with E-state index in [1.165, 1.54) is 26.1 Å². The number of hydrogen-bond acceptors (Lipinski definition) is 2. The topological polar surface area (TPSA) is 55.1 Å².